The molecule has 10 heteroatoms. The molecule has 0 unspecified atom stereocenters. The number of thiocarbonyl (C=S) groups is 1. The average Bonchev–Trinajstić information content (AvgIpc) is 3.42. The van der Waals surface area contributed by atoms with E-state index in [2.05, 4.69) is 54.3 Å². The van der Waals surface area contributed by atoms with Gasteiger partial charge in [0.2, 0.25) is 0 Å². The Kier molecular flexibility index (Phi) is 10.3. The van der Waals surface area contributed by atoms with Crippen LogP contribution >= 0.6 is 35.3 Å². The van der Waals surface area contributed by atoms with Crippen LogP contribution in [-0.2, 0) is 33.9 Å². The fourth-order valence-corrected chi connectivity index (χ4v) is 8.05. The molecular formula is C33H35N3O4S3. The van der Waals surface area contributed by atoms with Crippen molar-refractivity contribution in [3.05, 3.63) is 84.8 Å². The number of nitrogens with zero attached hydrogens (tertiary/aromatic N) is 3. The standard InChI is InChI=1S/C33H35N3O4S3/c1-3-5-6-9-19-35-26-13-8-7-12-24(26)16-17-25-20-23(15-18-27(25)35)11-10-14-28-30(38)36(21-40-22-37)32(42-28)29-31(39)34(4-2)33(41)43-29/h7-8,10-15,18,20,22H,3-6,9,16-17,19,21H2,1-2H3. The van der Waals surface area contributed by atoms with Gasteiger partial charge in [0.05, 0.1) is 4.53 Å². The molecule has 7 nitrogen and oxygen atoms in total. The zero-order chi connectivity index (χ0) is 30.3. The minimum Gasteiger partial charge on any atom is -0.446 e. The van der Waals surface area contributed by atoms with E-state index < -0.39 is 0 Å². The molecule has 0 N–H and O–H groups in total. The van der Waals surface area contributed by atoms with Crippen LogP contribution in [0.5, 0.6) is 0 Å². The molecule has 2 aliphatic heterocycles. The molecule has 1 amide bonds. The second kappa shape index (κ2) is 14.3. The maximum absolute atomic E-state index is 13.3. The number of anilines is 2. The Morgan fingerprint density at radius 3 is 2.53 bits per heavy atom. The van der Waals surface area contributed by atoms with Crippen molar-refractivity contribution in [2.45, 2.75) is 59.1 Å². The quantitative estimate of drug-likeness (QED) is 0.160. The molecule has 1 saturated heterocycles. The van der Waals surface area contributed by atoms with Crippen molar-refractivity contribution in [1.29, 1.82) is 0 Å². The van der Waals surface area contributed by atoms with Gasteiger partial charge >= 0.3 is 0 Å². The normalized spacial score (nSPS) is 16.6. The van der Waals surface area contributed by atoms with E-state index >= 15 is 0 Å². The number of para-hydroxylation sites is 1. The molecule has 5 rings (SSSR count). The third kappa shape index (κ3) is 6.71. The van der Waals surface area contributed by atoms with E-state index in [-0.39, 0.29) is 24.7 Å². The van der Waals surface area contributed by atoms with E-state index in [1.807, 2.05) is 19.1 Å². The summed E-state index contributed by atoms with van der Waals surface area (Å²) in [6.07, 6.45) is 12.4. The third-order valence-electron chi connectivity index (χ3n) is 7.65. The summed E-state index contributed by atoms with van der Waals surface area (Å²) in [5, 5.41) is 0. The molecule has 0 aliphatic carbocycles. The van der Waals surface area contributed by atoms with E-state index in [4.69, 9.17) is 17.0 Å². The van der Waals surface area contributed by atoms with Gasteiger partial charge in [-0.25, -0.2) is 0 Å². The van der Waals surface area contributed by atoms with Gasteiger partial charge in [0.25, 0.3) is 17.9 Å². The number of ether oxygens (including phenoxy) is 1. The smallest absolute Gasteiger partial charge is 0.294 e. The average molecular weight is 634 g/mol. The summed E-state index contributed by atoms with van der Waals surface area (Å²) in [6.45, 7) is 5.54. The van der Waals surface area contributed by atoms with Crippen LogP contribution in [0.1, 0.15) is 56.2 Å². The van der Waals surface area contributed by atoms with Crippen LogP contribution in [0.25, 0.3) is 17.1 Å². The summed E-state index contributed by atoms with van der Waals surface area (Å²) in [5.74, 6) is -0.243. The molecule has 0 atom stereocenters. The fraction of sp³-hybridized carbons (Fsp3) is 0.333. The maximum atomic E-state index is 13.3. The Labute approximate surface area is 265 Å². The third-order valence-corrected chi connectivity index (χ3v) is 10.4. The second-order valence-corrected chi connectivity index (χ2v) is 13.1. The minimum atomic E-state index is -0.327. The number of unbranched alkanes of at least 4 members (excludes halogenated alkanes) is 3. The monoisotopic (exact) mass is 633 g/mol. The van der Waals surface area contributed by atoms with E-state index in [1.165, 1.54) is 62.6 Å². The van der Waals surface area contributed by atoms with E-state index in [0.717, 1.165) is 43.1 Å². The predicted molar refractivity (Wildman–Crippen MR) is 181 cm³/mol. The highest BCUT2D eigenvalue weighted by Gasteiger charge is 2.33. The van der Waals surface area contributed by atoms with E-state index in [1.54, 1.807) is 6.08 Å². The van der Waals surface area contributed by atoms with Crippen LogP contribution in [-0.4, -0.2) is 39.3 Å². The van der Waals surface area contributed by atoms with Crippen molar-refractivity contribution in [2.24, 2.45) is 0 Å². The first kappa shape index (κ1) is 31.0. The van der Waals surface area contributed by atoms with Crippen molar-refractivity contribution < 1.29 is 14.3 Å². The van der Waals surface area contributed by atoms with Crippen molar-refractivity contribution >= 4 is 80.4 Å². The number of fused-ring (bicyclic) bond motifs is 2. The highest BCUT2D eigenvalue weighted by Crippen LogP contribution is 2.37. The van der Waals surface area contributed by atoms with Gasteiger partial charge in [-0.2, -0.15) is 0 Å². The molecule has 43 heavy (non-hydrogen) atoms. The van der Waals surface area contributed by atoms with Crippen molar-refractivity contribution in [1.82, 2.24) is 9.47 Å². The van der Waals surface area contributed by atoms with Gasteiger partial charge < -0.3 is 9.64 Å². The number of carbonyl (C=O) groups is 2. The number of carbonyl (C=O) groups excluding carboxylic acids is 2. The Morgan fingerprint density at radius 2 is 1.77 bits per heavy atom. The molecule has 2 aromatic carbocycles. The number of aromatic nitrogens is 1. The first-order valence-corrected chi connectivity index (χ1v) is 16.7. The largest absolute Gasteiger partial charge is 0.446 e. The lowest BCUT2D eigenvalue weighted by atomic mass is 10.0. The zero-order valence-corrected chi connectivity index (χ0v) is 26.9. The zero-order valence-electron chi connectivity index (χ0n) is 24.4. The summed E-state index contributed by atoms with van der Waals surface area (Å²) >= 11 is 7.71. The van der Waals surface area contributed by atoms with E-state index in [9.17, 15) is 14.4 Å². The molecule has 0 spiro atoms. The molecule has 2 aliphatic rings. The molecule has 0 bridgehead atoms. The number of hydrogen-bond acceptors (Lipinski definition) is 8. The maximum Gasteiger partial charge on any atom is 0.294 e. The number of thiazole rings is 1. The number of hydrogen-bond donors (Lipinski definition) is 0. The van der Waals surface area contributed by atoms with Crippen molar-refractivity contribution in [3.63, 3.8) is 0 Å². The van der Waals surface area contributed by atoms with Crippen LogP contribution in [0, 0.1) is 0 Å². The molecule has 0 radical (unpaired) electrons. The van der Waals surface area contributed by atoms with Crippen LogP contribution in [0.2, 0.25) is 0 Å². The molecule has 3 heterocycles. The van der Waals surface area contributed by atoms with Gasteiger partial charge in [-0.1, -0.05) is 86.6 Å². The number of aryl methyl sites for hydroxylation is 2. The Morgan fingerprint density at radius 1 is 0.977 bits per heavy atom. The van der Waals surface area contributed by atoms with Crippen LogP contribution in [0.4, 0.5) is 11.4 Å². The van der Waals surface area contributed by atoms with Gasteiger partial charge in [-0.05, 0) is 67.2 Å². The lowest BCUT2D eigenvalue weighted by Crippen LogP contribution is -2.34. The number of allylic oxidation sites excluding steroid dienone is 1. The first-order chi connectivity index (χ1) is 21.0. The lowest BCUT2D eigenvalue weighted by molar-refractivity contribution is -0.132. The lowest BCUT2D eigenvalue weighted by Gasteiger charge is -2.27. The summed E-state index contributed by atoms with van der Waals surface area (Å²) in [7, 11) is 0. The van der Waals surface area contributed by atoms with Crippen molar-refractivity contribution in [2.75, 3.05) is 18.0 Å². The molecular weight excluding hydrogens is 599 g/mol. The Bertz CT molecular complexity index is 1740. The molecule has 0 saturated carbocycles. The SMILES string of the molecule is CCCCCCN1c2ccccc2CCc2cc(C=CC=c3sc(=C4SC(=S)N(CC)C4=O)n(COC=O)c3=O)ccc21. The van der Waals surface area contributed by atoms with Crippen LogP contribution in [0.15, 0.2) is 53.3 Å². The fourth-order valence-electron chi connectivity index (χ4n) is 5.47. The number of benzene rings is 2. The highest BCUT2D eigenvalue weighted by molar-refractivity contribution is 8.30. The summed E-state index contributed by atoms with van der Waals surface area (Å²) in [6, 6.07) is 15.3. The molecule has 3 aromatic rings. The van der Waals surface area contributed by atoms with Gasteiger partial charge in [0, 0.05) is 24.5 Å². The topological polar surface area (TPSA) is 71.8 Å². The van der Waals surface area contributed by atoms with E-state index in [0.29, 0.717) is 25.0 Å². The van der Waals surface area contributed by atoms with Gasteiger partial charge in [0.15, 0.2) is 6.73 Å². The van der Waals surface area contributed by atoms with Gasteiger partial charge in [-0.3, -0.25) is 23.9 Å². The van der Waals surface area contributed by atoms with Crippen LogP contribution in [0.3, 0.4) is 0 Å². The molecule has 224 valence electrons. The highest BCUT2D eigenvalue weighted by atomic mass is 32.2. The number of thioether (sulfide) groups is 1. The summed E-state index contributed by atoms with van der Waals surface area (Å²) in [4.78, 5) is 41.5. The number of rotatable bonds is 11. The summed E-state index contributed by atoms with van der Waals surface area (Å²) in [5.41, 5.74) is 5.98. The second-order valence-electron chi connectivity index (χ2n) is 10.4. The van der Waals surface area contributed by atoms with Gasteiger partial charge in [-0.15, -0.1) is 11.3 Å². The molecule has 1 aromatic heterocycles. The van der Waals surface area contributed by atoms with Gasteiger partial charge in [0.1, 0.15) is 13.9 Å². The first-order valence-electron chi connectivity index (χ1n) is 14.7. The summed E-state index contributed by atoms with van der Waals surface area (Å²) < 4.78 is 7.54. The van der Waals surface area contributed by atoms with Crippen LogP contribution < -0.4 is 19.7 Å². The molecule has 1 fully saturated rings. The number of amides is 1. The Balaban J connectivity index is 1.46. The predicted octanol–water partition coefficient (Wildman–Crippen LogP) is 5.34. The Hall–Kier alpha value is -3.47. The van der Waals surface area contributed by atoms with Crippen molar-refractivity contribution in [3.8, 4) is 0 Å². The minimum absolute atomic E-state index is 0.243.